The van der Waals surface area contributed by atoms with Crippen molar-refractivity contribution in [2.75, 3.05) is 7.11 Å². The van der Waals surface area contributed by atoms with Crippen molar-refractivity contribution in [1.29, 1.82) is 0 Å². The first-order valence-electron chi connectivity index (χ1n) is 8.01. The summed E-state index contributed by atoms with van der Waals surface area (Å²) in [6.45, 7) is 0.0954. The van der Waals surface area contributed by atoms with Gasteiger partial charge in [0.1, 0.15) is 12.3 Å². The summed E-state index contributed by atoms with van der Waals surface area (Å²) in [5.74, 6) is -0.673. The van der Waals surface area contributed by atoms with Gasteiger partial charge in [-0.25, -0.2) is 9.59 Å². The fourth-order valence-electron chi connectivity index (χ4n) is 2.41. The molecule has 1 heterocycles. The van der Waals surface area contributed by atoms with Crippen molar-refractivity contribution in [2.24, 2.45) is 0 Å². The zero-order valence-corrected chi connectivity index (χ0v) is 16.0. The van der Waals surface area contributed by atoms with E-state index >= 15 is 0 Å². The maximum Gasteiger partial charge on any atom is 0.412 e. The molecule has 2 aromatic carbocycles. The normalized spacial score (nSPS) is 11.3. The number of ether oxygens (including phenoxy) is 2. The van der Waals surface area contributed by atoms with Crippen LogP contribution in [-0.2, 0) is 20.9 Å². The summed E-state index contributed by atoms with van der Waals surface area (Å²) in [6.07, 6.45) is 0.804. The Kier molecular flexibility index (Phi) is 6.11. The Hall–Kier alpha value is -2.83. The molecule has 27 heavy (non-hydrogen) atoms. The molecule has 0 bridgehead atoms. The minimum atomic E-state index is -0.743. The summed E-state index contributed by atoms with van der Waals surface area (Å²) in [5, 5.41) is 5.80. The lowest BCUT2D eigenvalue weighted by atomic mass is 10.1. The Morgan fingerprint density at radius 3 is 2.70 bits per heavy atom. The molecule has 3 aromatic rings. The van der Waals surface area contributed by atoms with Gasteiger partial charge in [0.15, 0.2) is 0 Å². The number of benzene rings is 2. The maximum absolute atomic E-state index is 12.1. The number of carbonyl (C=O) groups excluding carboxylic acids is 2. The number of amides is 1. The molecule has 0 unspecified atom stereocenters. The first-order chi connectivity index (χ1) is 13.1. The minimum absolute atomic E-state index is 0.0183. The third kappa shape index (κ3) is 4.87. The number of hydrogen-bond donors (Lipinski definition) is 1. The highest BCUT2D eigenvalue weighted by Crippen LogP contribution is 2.30. The van der Waals surface area contributed by atoms with Gasteiger partial charge in [0.2, 0.25) is 0 Å². The van der Waals surface area contributed by atoms with Gasteiger partial charge in [-0.15, -0.1) is 11.3 Å². The molecule has 7 heteroatoms. The van der Waals surface area contributed by atoms with Crippen molar-refractivity contribution in [3.63, 3.8) is 0 Å². The van der Waals surface area contributed by atoms with Crippen LogP contribution in [0.25, 0.3) is 16.2 Å². The molecule has 0 saturated heterocycles. The van der Waals surface area contributed by atoms with Crippen LogP contribution in [0.2, 0.25) is 5.02 Å². The van der Waals surface area contributed by atoms with Crippen molar-refractivity contribution < 1.29 is 19.1 Å². The number of thiophene rings is 1. The quantitative estimate of drug-likeness (QED) is 0.483. The second-order valence-electron chi connectivity index (χ2n) is 5.57. The highest BCUT2D eigenvalue weighted by atomic mass is 35.5. The number of hydrogen-bond acceptors (Lipinski definition) is 5. The van der Waals surface area contributed by atoms with Crippen LogP contribution in [0, 0.1) is 0 Å². The van der Waals surface area contributed by atoms with Crippen molar-refractivity contribution in [2.45, 2.75) is 6.61 Å². The lowest BCUT2D eigenvalue weighted by molar-refractivity contribution is -0.136. The zero-order valence-electron chi connectivity index (χ0n) is 14.4. The van der Waals surface area contributed by atoms with Crippen molar-refractivity contribution in [3.05, 3.63) is 75.8 Å². The van der Waals surface area contributed by atoms with Crippen molar-refractivity contribution in [3.8, 4) is 0 Å². The third-order valence-corrected chi connectivity index (χ3v) is 4.94. The van der Waals surface area contributed by atoms with E-state index in [1.165, 1.54) is 18.4 Å². The number of methoxy groups -OCH3 is 1. The number of nitrogens with one attached hydrogen (secondary N) is 1. The molecule has 1 N–H and O–H groups in total. The minimum Gasteiger partial charge on any atom is -0.464 e. The summed E-state index contributed by atoms with van der Waals surface area (Å²) >= 11 is 7.57. The van der Waals surface area contributed by atoms with E-state index in [1.54, 1.807) is 12.1 Å². The molecular formula is C20H16ClNO4S. The third-order valence-electron chi connectivity index (χ3n) is 3.72. The predicted molar refractivity (Wildman–Crippen MR) is 107 cm³/mol. The molecule has 0 atom stereocenters. The highest BCUT2D eigenvalue weighted by molar-refractivity contribution is 7.17. The van der Waals surface area contributed by atoms with Gasteiger partial charge in [0, 0.05) is 15.1 Å². The van der Waals surface area contributed by atoms with Crippen LogP contribution in [0.4, 0.5) is 4.79 Å². The summed E-state index contributed by atoms with van der Waals surface area (Å²) < 4.78 is 10.9. The average Bonchev–Trinajstić information content (AvgIpc) is 3.08. The Bertz CT molecular complexity index is 998. The van der Waals surface area contributed by atoms with Crippen LogP contribution in [0.15, 0.2) is 59.6 Å². The summed E-state index contributed by atoms with van der Waals surface area (Å²) in [7, 11) is 1.25. The van der Waals surface area contributed by atoms with E-state index in [2.05, 4.69) is 5.32 Å². The van der Waals surface area contributed by atoms with Gasteiger partial charge < -0.3 is 9.47 Å². The van der Waals surface area contributed by atoms with Crippen molar-refractivity contribution >= 4 is 51.2 Å². The van der Waals surface area contributed by atoms with Gasteiger partial charge in [-0.2, -0.15) is 0 Å². The predicted octanol–water partition coefficient (Wildman–Crippen LogP) is 5.00. The van der Waals surface area contributed by atoms with Gasteiger partial charge in [-0.1, -0.05) is 41.9 Å². The molecular weight excluding hydrogens is 386 g/mol. The largest absolute Gasteiger partial charge is 0.464 e. The molecule has 0 aliphatic carbocycles. The molecule has 1 aromatic heterocycles. The molecule has 3 rings (SSSR count). The number of rotatable bonds is 5. The zero-order chi connectivity index (χ0) is 19.2. The SMILES string of the molecule is COC(=O)/C(=C/c1csc2ccc(Cl)cc12)NC(=O)OCc1ccccc1. The molecule has 1 amide bonds. The van der Waals surface area contributed by atoms with Crippen LogP contribution < -0.4 is 5.32 Å². The van der Waals surface area contributed by atoms with Crippen LogP contribution >= 0.6 is 22.9 Å². The lowest BCUT2D eigenvalue weighted by Gasteiger charge is -2.09. The van der Waals surface area contributed by atoms with E-state index < -0.39 is 12.1 Å². The highest BCUT2D eigenvalue weighted by Gasteiger charge is 2.16. The smallest absolute Gasteiger partial charge is 0.412 e. The summed E-state index contributed by atoms with van der Waals surface area (Å²) in [5.41, 5.74) is 1.58. The molecule has 138 valence electrons. The Labute approximate surface area is 165 Å². The van der Waals surface area contributed by atoms with Gasteiger partial charge >= 0.3 is 12.1 Å². The topological polar surface area (TPSA) is 64.6 Å². The molecule has 0 spiro atoms. The fourth-order valence-corrected chi connectivity index (χ4v) is 3.48. The average molecular weight is 402 g/mol. The number of carbonyl (C=O) groups is 2. The van der Waals surface area contributed by atoms with Crippen LogP contribution in [-0.4, -0.2) is 19.2 Å². The van der Waals surface area contributed by atoms with Crippen LogP contribution in [0.1, 0.15) is 11.1 Å². The number of fused-ring (bicyclic) bond motifs is 1. The maximum atomic E-state index is 12.1. The Morgan fingerprint density at radius 1 is 1.19 bits per heavy atom. The lowest BCUT2D eigenvalue weighted by Crippen LogP contribution is -2.28. The first-order valence-corrected chi connectivity index (χ1v) is 9.27. The summed E-state index contributed by atoms with van der Waals surface area (Å²) in [4.78, 5) is 24.2. The number of alkyl carbamates (subject to hydrolysis) is 1. The van der Waals surface area contributed by atoms with E-state index in [0.717, 1.165) is 21.2 Å². The molecule has 5 nitrogen and oxygen atoms in total. The first kappa shape index (κ1) is 18.9. The van der Waals surface area contributed by atoms with E-state index in [1.807, 2.05) is 47.8 Å². The van der Waals surface area contributed by atoms with E-state index in [-0.39, 0.29) is 12.3 Å². The van der Waals surface area contributed by atoms with E-state index in [9.17, 15) is 9.59 Å². The van der Waals surface area contributed by atoms with Gasteiger partial charge in [0.25, 0.3) is 0 Å². The second-order valence-corrected chi connectivity index (χ2v) is 6.92. The molecule has 0 aliphatic rings. The fraction of sp³-hybridized carbons (Fsp3) is 0.100. The molecule has 0 fully saturated rings. The summed E-state index contributed by atoms with van der Waals surface area (Å²) in [6, 6.07) is 14.8. The van der Waals surface area contributed by atoms with Crippen LogP contribution in [0.5, 0.6) is 0 Å². The van der Waals surface area contributed by atoms with E-state index in [0.29, 0.717) is 5.02 Å². The number of halogens is 1. The molecule has 0 radical (unpaired) electrons. The molecule has 0 saturated carbocycles. The monoisotopic (exact) mass is 401 g/mol. The Morgan fingerprint density at radius 2 is 1.96 bits per heavy atom. The van der Waals surface area contributed by atoms with Gasteiger partial charge in [0.05, 0.1) is 7.11 Å². The van der Waals surface area contributed by atoms with Gasteiger partial charge in [-0.05, 0) is 40.8 Å². The standard InChI is InChI=1S/C20H16ClNO4S/c1-25-19(23)17(22-20(24)26-11-13-5-3-2-4-6-13)9-14-12-27-18-8-7-15(21)10-16(14)18/h2-10,12H,11H2,1H3,(H,22,24)/b17-9-. The van der Waals surface area contributed by atoms with Gasteiger partial charge in [-0.3, -0.25) is 5.32 Å². The second kappa shape index (κ2) is 8.70. The number of esters is 1. The molecule has 0 aliphatic heterocycles. The van der Waals surface area contributed by atoms with Crippen molar-refractivity contribution in [1.82, 2.24) is 5.32 Å². The Balaban J connectivity index is 1.78. The van der Waals surface area contributed by atoms with Crippen LogP contribution in [0.3, 0.4) is 0 Å². The van der Waals surface area contributed by atoms with E-state index in [4.69, 9.17) is 21.1 Å².